The van der Waals surface area contributed by atoms with Crippen LogP contribution in [0, 0.1) is 0 Å². The number of carbonyl (C=O) groups excluding carboxylic acids is 2. The van der Waals surface area contributed by atoms with Crippen LogP contribution in [0.3, 0.4) is 0 Å². The van der Waals surface area contributed by atoms with E-state index in [2.05, 4.69) is 0 Å². The van der Waals surface area contributed by atoms with Crippen molar-refractivity contribution in [2.24, 2.45) is 0 Å². The predicted molar refractivity (Wildman–Crippen MR) is 118 cm³/mol. The molecule has 3 rings (SSSR count). The molecule has 1 atom stereocenters. The van der Waals surface area contributed by atoms with Crippen LogP contribution in [0.2, 0.25) is 0 Å². The minimum atomic E-state index is -0.471. The minimum absolute atomic E-state index is 0.00694. The molecule has 0 aromatic heterocycles. The fourth-order valence-electron chi connectivity index (χ4n) is 4.10. The molecular weight excluding hydrogens is 396 g/mol. The summed E-state index contributed by atoms with van der Waals surface area (Å²) in [4.78, 5) is 29.8. The first-order valence-corrected chi connectivity index (χ1v) is 10.4. The molecule has 166 valence electrons. The Balaban J connectivity index is 2.07. The topological polar surface area (TPSA) is 68.3 Å². The fourth-order valence-corrected chi connectivity index (χ4v) is 4.10. The van der Waals surface area contributed by atoms with E-state index >= 15 is 0 Å². The van der Waals surface area contributed by atoms with Gasteiger partial charge in [0, 0.05) is 25.2 Å². The fraction of sp³-hybridized carbons (Fsp3) is 0.417. The van der Waals surface area contributed by atoms with Gasteiger partial charge in [0.25, 0.3) is 5.91 Å². The zero-order valence-corrected chi connectivity index (χ0v) is 18.8. The number of carbonyl (C=O) groups is 2. The smallest absolute Gasteiger partial charge is 0.255 e. The highest BCUT2D eigenvalue weighted by Gasteiger charge is 2.36. The van der Waals surface area contributed by atoms with Gasteiger partial charge in [0.05, 0.1) is 33.8 Å². The molecule has 7 nitrogen and oxygen atoms in total. The number of rotatable bonds is 9. The van der Waals surface area contributed by atoms with Crippen molar-refractivity contribution < 1.29 is 23.8 Å². The third-order valence-electron chi connectivity index (χ3n) is 5.78. The Kier molecular flexibility index (Phi) is 7.05. The molecule has 2 aromatic rings. The molecule has 0 radical (unpaired) electrons. The molecule has 0 N–H and O–H groups in total. The monoisotopic (exact) mass is 426 g/mol. The molecule has 0 unspecified atom stereocenters. The number of hydrogen-bond acceptors (Lipinski definition) is 5. The zero-order chi connectivity index (χ0) is 22.5. The van der Waals surface area contributed by atoms with Crippen molar-refractivity contribution >= 4 is 11.8 Å². The highest BCUT2D eigenvalue weighted by molar-refractivity contribution is 5.99. The van der Waals surface area contributed by atoms with Crippen LogP contribution in [0.4, 0.5) is 0 Å². The Bertz CT molecular complexity index is 930. The molecule has 1 heterocycles. The van der Waals surface area contributed by atoms with Crippen molar-refractivity contribution in [2.75, 3.05) is 34.4 Å². The largest absolute Gasteiger partial charge is 0.493 e. The van der Waals surface area contributed by atoms with Gasteiger partial charge >= 0.3 is 0 Å². The summed E-state index contributed by atoms with van der Waals surface area (Å²) >= 11 is 0. The number of benzene rings is 2. The molecule has 1 aliphatic rings. The lowest BCUT2D eigenvalue weighted by molar-refractivity contribution is -0.132. The summed E-state index contributed by atoms with van der Waals surface area (Å²) in [5, 5.41) is 0. The van der Waals surface area contributed by atoms with E-state index in [0.717, 1.165) is 11.1 Å². The SMILES string of the molecule is CCN(CC)C(=O)C[C@@H](c1cc(OC)c(OC)c(OC)c1)N1Cc2ccccc2C1=O. The summed E-state index contributed by atoms with van der Waals surface area (Å²) in [5.74, 6) is 1.36. The van der Waals surface area contributed by atoms with Gasteiger partial charge in [-0.3, -0.25) is 9.59 Å². The van der Waals surface area contributed by atoms with E-state index < -0.39 is 6.04 Å². The molecule has 7 heteroatoms. The molecule has 1 aliphatic heterocycles. The van der Waals surface area contributed by atoms with Gasteiger partial charge in [-0.1, -0.05) is 18.2 Å². The molecular formula is C24H30N2O5. The first kappa shape index (κ1) is 22.5. The standard InChI is InChI=1S/C24H30N2O5/c1-6-25(7-2)22(27)14-19(26-15-16-10-8-9-11-18(16)24(26)28)17-12-20(29-3)23(31-5)21(13-17)30-4/h8-13,19H,6-7,14-15H2,1-5H3/t19-/m0/s1. The maximum Gasteiger partial charge on any atom is 0.255 e. The normalized spacial score (nSPS) is 13.6. The highest BCUT2D eigenvalue weighted by Crippen LogP contribution is 2.43. The molecule has 0 saturated carbocycles. The van der Waals surface area contributed by atoms with Crippen LogP contribution in [0.1, 0.15) is 47.8 Å². The van der Waals surface area contributed by atoms with Crippen molar-refractivity contribution in [1.29, 1.82) is 0 Å². The maximum atomic E-state index is 13.2. The molecule has 0 bridgehead atoms. The Labute approximate surface area is 183 Å². The van der Waals surface area contributed by atoms with E-state index in [0.29, 0.717) is 42.4 Å². The molecule has 2 amide bonds. The average molecular weight is 427 g/mol. The lowest BCUT2D eigenvalue weighted by Gasteiger charge is -2.31. The van der Waals surface area contributed by atoms with Crippen LogP contribution in [-0.2, 0) is 11.3 Å². The number of ether oxygens (including phenoxy) is 3. The summed E-state index contributed by atoms with van der Waals surface area (Å²) in [6, 6.07) is 10.7. The predicted octanol–water partition coefficient (Wildman–Crippen LogP) is 3.67. The van der Waals surface area contributed by atoms with E-state index in [1.54, 1.807) is 31.1 Å². The lowest BCUT2D eigenvalue weighted by atomic mass is 9.99. The Morgan fingerprint density at radius 1 is 1.03 bits per heavy atom. The highest BCUT2D eigenvalue weighted by atomic mass is 16.5. The van der Waals surface area contributed by atoms with Gasteiger partial charge in [-0.15, -0.1) is 0 Å². The second kappa shape index (κ2) is 9.73. The first-order chi connectivity index (χ1) is 15.0. The molecule has 31 heavy (non-hydrogen) atoms. The number of nitrogens with zero attached hydrogens (tertiary/aromatic N) is 2. The average Bonchev–Trinajstić information content (AvgIpc) is 3.13. The maximum absolute atomic E-state index is 13.2. The van der Waals surface area contributed by atoms with Crippen LogP contribution in [0.5, 0.6) is 17.2 Å². The van der Waals surface area contributed by atoms with Gasteiger partial charge < -0.3 is 24.0 Å². The van der Waals surface area contributed by atoms with Crippen molar-refractivity contribution in [2.45, 2.75) is 32.9 Å². The van der Waals surface area contributed by atoms with Gasteiger partial charge in [0.1, 0.15) is 0 Å². The van der Waals surface area contributed by atoms with Gasteiger partial charge in [-0.2, -0.15) is 0 Å². The van der Waals surface area contributed by atoms with Gasteiger partial charge in [-0.25, -0.2) is 0 Å². The number of hydrogen-bond donors (Lipinski definition) is 0. The molecule has 0 spiro atoms. The van der Waals surface area contributed by atoms with Crippen molar-refractivity contribution in [3.05, 3.63) is 53.1 Å². The third-order valence-corrected chi connectivity index (χ3v) is 5.78. The van der Waals surface area contributed by atoms with Gasteiger partial charge in [0.2, 0.25) is 11.7 Å². The Hall–Kier alpha value is -3.22. The van der Waals surface area contributed by atoms with Crippen LogP contribution >= 0.6 is 0 Å². The van der Waals surface area contributed by atoms with Crippen molar-refractivity contribution in [3.8, 4) is 17.2 Å². The zero-order valence-electron chi connectivity index (χ0n) is 18.8. The van der Waals surface area contributed by atoms with Gasteiger partial charge in [-0.05, 0) is 43.2 Å². The third kappa shape index (κ3) is 4.31. The van der Waals surface area contributed by atoms with E-state index in [1.807, 2.05) is 50.2 Å². The summed E-state index contributed by atoms with van der Waals surface area (Å²) < 4.78 is 16.5. The molecule has 0 aliphatic carbocycles. The Morgan fingerprint density at radius 2 is 1.65 bits per heavy atom. The second-order valence-corrected chi connectivity index (χ2v) is 7.33. The summed E-state index contributed by atoms with van der Waals surface area (Å²) in [7, 11) is 4.64. The second-order valence-electron chi connectivity index (χ2n) is 7.33. The van der Waals surface area contributed by atoms with Crippen molar-refractivity contribution in [1.82, 2.24) is 9.80 Å². The van der Waals surface area contributed by atoms with Crippen molar-refractivity contribution in [3.63, 3.8) is 0 Å². The minimum Gasteiger partial charge on any atom is -0.493 e. The van der Waals surface area contributed by atoms with Crippen LogP contribution in [0.15, 0.2) is 36.4 Å². The molecule has 2 aromatic carbocycles. The van der Waals surface area contributed by atoms with Crippen LogP contribution in [-0.4, -0.2) is 56.0 Å². The Morgan fingerprint density at radius 3 is 2.16 bits per heavy atom. The van der Waals surface area contributed by atoms with E-state index in [9.17, 15) is 9.59 Å². The van der Waals surface area contributed by atoms with E-state index in [4.69, 9.17) is 14.2 Å². The first-order valence-electron chi connectivity index (χ1n) is 10.4. The van der Waals surface area contributed by atoms with Gasteiger partial charge in [0.15, 0.2) is 11.5 Å². The molecule has 0 fully saturated rings. The van der Waals surface area contributed by atoms with Crippen LogP contribution in [0.25, 0.3) is 0 Å². The number of amides is 2. The summed E-state index contributed by atoms with van der Waals surface area (Å²) in [6.45, 7) is 5.58. The van der Waals surface area contributed by atoms with E-state index in [1.165, 1.54) is 0 Å². The van der Waals surface area contributed by atoms with Crippen LogP contribution < -0.4 is 14.2 Å². The summed E-state index contributed by atoms with van der Waals surface area (Å²) in [6.07, 6.45) is 0.167. The summed E-state index contributed by atoms with van der Waals surface area (Å²) in [5.41, 5.74) is 2.40. The number of fused-ring (bicyclic) bond motifs is 1. The lowest BCUT2D eigenvalue weighted by Crippen LogP contribution is -2.36. The quantitative estimate of drug-likeness (QED) is 0.612. The van der Waals surface area contributed by atoms with E-state index in [-0.39, 0.29) is 18.2 Å². The molecule has 0 saturated heterocycles. The number of methoxy groups -OCH3 is 3.